The number of amides is 1. The Balaban J connectivity index is 1.37. The lowest BCUT2D eigenvalue weighted by Gasteiger charge is -2.31. The monoisotopic (exact) mass is 552 g/mol. The summed E-state index contributed by atoms with van der Waals surface area (Å²) < 4.78 is 21.8. The van der Waals surface area contributed by atoms with Gasteiger partial charge in [0.25, 0.3) is 5.91 Å². The van der Waals surface area contributed by atoms with Crippen molar-refractivity contribution in [3.8, 4) is 17.0 Å². The summed E-state index contributed by atoms with van der Waals surface area (Å²) in [5.41, 5.74) is 9.11. The second-order valence-electron chi connectivity index (χ2n) is 8.75. The molecule has 0 atom stereocenters. The minimum Gasteiger partial charge on any atom is -0.494 e. The zero-order valence-corrected chi connectivity index (χ0v) is 21.3. The van der Waals surface area contributed by atoms with E-state index in [1.807, 2.05) is 21.4 Å². The minimum absolute atomic E-state index is 0.00810. The first kappa shape index (κ1) is 24.2. The Morgan fingerprint density at radius 1 is 1.22 bits per heavy atom. The number of methoxy groups -OCH3 is 1. The number of nitrogens with one attached hydrogen (secondary N) is 1. The van der Waals surface area contributed by atoms with E-state index in [1.54, 1.807) is 36.8 Å². The highest BCUT2D eigenvalue weighted by Crippen LogP contribution is 2.30. The zero-order chi connectivity index (χ0) is 25.2. The number of piperidine rings is 1. The maximum atomic E-state index is 14.3. The molecule has 186 valence electrons. The summed E-state index contributed by atoms with van der Waals surface area (Å²) in [5.74, 6) is 0.775. The van der Waals surface area contributed by atoms with Gasteiger partial charge in [0.05, 0.1) is 24.6 Å². The number of nitrogens with zero attached hydrogens (tertiary/aromatic N) is 4. The molecule has 0 bridgehead atoms. The lowest BCUT2D eigenvalue weighted by molar-refractivity contribution is 0.0692. The first-order valence-corrected chi connectivity index (χ1v) is 12.5. The third-order valence-electron chi connectivity index (χ3n) is 6.57. The van der Waals surface area contributed by atoms with Crippen molar-refractivity contribution in [2.75, 3.05) is 32.1 Å². The predicted molar refractivity (Wildman–Crippen MR) is 140 cm³/mol. The molecule has 0 spiro atoms. The number of hydrogen-bond acceptors (Lipinski definition) is 6. The van der Waals surface area contributed by atoms with Gasteiger partial charge in [0.2, 0.25) is 0 Å². The molecule has 1 aliphatic rings. The third-order valence-corrected chi connectivity index (χ3v) is 7.23. The van der Waals surface area contributed by atoms with E-state index in [1.165, 1.54) is 13.2 Å². The topological polar surface area (TPSA) is 97.8 Å². The molecular weight excluding hydrogens is 527 g/mol. The molecule has 3 N–H and O–H groups in total. The Morgan fingerprint density at radius 3 is 2.72 bits per heavy atom. The van der Waals surface area contributed by atoms with Gasteiger partial charge in [-0.05, 0) is 77.6 Å². The van der Waals surface area contributed by atoms with Crippen molar-refractivity contribution in [3.63, 3.8) is 0 Å². The maximum Gasteiger partial charge on any atom is 0.255 e. The van der Waals surface area contributed by atoms with Gasteiger partial charge in [-0.1, -0.05) is 0 Å². The van der Waals surface area contributed by atoms with Crippen molar-refractivity contribution < 1.29 is 13.9 Å². The van der Waals surface area contributed by atoms with Gasteiger partial charge >= 0.3 is 0 Å². The van der Waals surface area contributed by atoms with Gasteiger partial charge in [0.15, 0.2) is 23.0 Å². The quantitative estimate of drug-likeness (QED) is 0.354. The number of likely N-dealkylation sites (tertiary alicyclic amines) is 1. The normalized spacial score (nSPS) is 14.3. The molecule has 3 heterocycles. The van der Waals surface area contributed by atoms with Gasteiger partial charge in [-0.25, -0.2) is 14.4 Å². The molecule has 1 aliphatic heterocycles. The Bertz CT molecular complexity index is 1420. The number of rotatable bonds is 6. The standard InChI is InChI=1S/C26H26BrFN6O2/c1-36-23-5-2-17(12-21(23)28)22-15-31-25-24(30-8-11-34(22)25)32-18-3-4-19(20(27)13-18)26(35)33-9-6-16(14-29)7-10-33/h2-5,8,11-13,15-16H,6-7,9-10,14,29H2,1H3,(H,30,32). The van der Waals surface area contributed by atoms with Crippen LogP contribution in [0.3, 0.4) is 0 Å². The molecule has 1 fully saturated rings. The summed E-state index contributed by atoms with van der Waals surface area (Å²) in [7, 11) is 1.43. The number of nitrogens with two attached hydrogens (primary N) is 1. The number of ether oxygens (including phenoxy) is 1. The number of anilines is 2. The van der Waals surface area contributed by atoms with E-state index in [0.29, 0.717) is 39.5 Å². The number of benzene rings is 2. The van der Waals surface area contributed by atoms with E-state index in [4.69, 9.17) is 10.5 Å². The average Bonchev–Trinajstić information content (AvgIpc) is 3.34. The van der Waals surface area contributed by atoms with Crippen molar-refractivity contribution in [2.24, 2.45) is 11.7 Å². The van der Waals surface area contributed by atoms with Crippen LogP contribution in [0.25, 0.3) is 16.9 Å². The molecule has 0 aliphatic carbocycles. The fourth-order valence-electron chi connectivity index (χ4n) is 4.49. The molecule has 2 aromatic heterocycles. The lowest BCUT2D eigenvalue weighted by Crippen LogP contribution is -2.40. The Kier molecular flexibility index (Phi) is 6.88. The van der Waals surface area contributed by atoms with Crippen LogP contribution in [0.1, 0.15) is 23.2 Å². The van der Waals surface area contributed by atoms with E-state index in [-0.39, 0.29) is 11.7 Å². The van der Waals surface area contributed by atoms with Gasteiger partial charge in [-0.15, -0.1) is 0 Å². The van der Waals surface area contributed by atoms with Gasteiger partial charge in [-0.3, -0.25) is 9.20 Å². The molecular formula is C26H26BrFN6O2. The molecule has 0 radical (unpaired) electrons. The summed E-state index contributed by atoms with van der Waals surface area (Å²) in [4.78, 5) is 23.9. The number of aromatic nitrogens is 3. The highest BCUT2D eigenvalue weighted by molar-refractivity contribution is 9.10. The molecule has 0 unspecified atom stereocenters. The molecule has 36 heavy (non-hydrogen) atoms. The second kappa shape index (κ2) is 10.2. The average molecular weight is 553 g/mol. The number of carbonyl (C=O) groups excluding carboxylic acids is 1. The lowest BCUT2D eigenvalue weighted by atomic mass is 9.96. The van der Waals surface area contributed by atoms with Crippen molar-refractivity contribution in [3.05, 3.63) is 70.8 Å². The van der Waals surface area contributed by atoms with Crippen LogP contribution in [0, 0.1) is 11.7 Å². The van der Waals surface area contributed by atoms with Crippen LogP contribution in [-0.2, 0) is 0 Å². The van der Waals surface area contributed by atoms with Gasteiger partial charge in [0, 0.05) is 41.2 Å². The maximum absolute atomic E-state index is 14.3. The molecule has 8 nitrogen and oxygen atoms in total. The van der Waals surface area contributed by atoms with E-state index >= 15 is 0 Å². The van der Waals surface area contributed by atoms with E-state index in [9.17, 15) is 9.18 Å². The SMILES string of the molecule is COc1ccc(-c2cnc3c(Nc4ccc(C(=O)N5CCC(CN)CC5)c(Br)c4)nccn23)cc1F. The third kappa shape index (κ3) is 4.66. The van der Waals surface area contributed by atoms with Crippen LogP contribution >= 0.6 is 15.9 Å². The fraction of sp³-hybridized carbons (Fsp3) is 0.269. The Labute approximate surface area is 216 Å². The molecule has 0 saturated carbocycles. The van der Waals surface area contributed by atoms with Crippen LogP contribution in [-0.4, -0.2) is 51.9 Å². The molecule has 1 amide bonds. The summed E-state index contributed by atoms with van der Waals surface area (Å²) in [6, 6.07) is 10.3. The van der Waals surface area contributed by atoms with Crippen molar-refractivity contribution in [2.45, 2.75) is 12.8 Å². The first-order valence-electron chi connectivity index (χ1n) is 11.7. The smallest absolute Gasteiger partial charge is 0.255 e. The van der Waals surface area contributed by atoms with Crippen molar-refractivity contribution in [1.82, 2.24) is 19.3 Å². The van der Waals surface area contributed by atoms with Crippen molar-refractivity contribution in [1.29, 1.82) is 0 Å². The predicted octanol–water partition coefficient (Wildman–Crippen LogP) is 4.86. The van der Waals surface area contributed by atoms with Crippen LogP contribution in [0.2, 0.25) is 0 Å². The highest BCUT2D eigenvalue weighted by Gasteiger charge is 2.24. The van der Waals surface area contributed by atoms with Gasteiger partial charge < -0.3 is 20.7 Å². The van der Waals surface area contributed by atoms with E-state index in [0.717, 1.165) is 37.3 Å². The molecule has 1 saturated heterocycles. The van der Waals surface area contributed by atoms with E-state index in [2.05, 4.69) is 31.2 Å². The van der Waals surface area contributed by atoms with Gasteiger partial charge in [-0.2, -0.15) is 0 Å². The summed E-state index contributed by atoms with van der Waals surface area (Å²) in [5, 5.41) is 3.28. The number of carbonyl (C=O) groups is 1. The minimum atomic E-state index is -0.444. The van der Waals surface area contributed by atoms with Crippen molar-refractivity contribution >= 4 is 39.0 Å². The zero-order valence-electron chi connectivity index (χ0n) is 19.7. The number of imidazole rings is 1. The van der Waals surface area contributed by atoms with Crippen LogP contribution < -0.4 is 15.8 Å². The summed E-state index contributed by atoms with van der Waals surface area (Å²) >= 11 is 3.56. The Morgan fingerprint density at radius 2 is 2.03 bits per heavy atom. The number of halogens is 2. The van der Waals surface area contributed by atoms with Crippen LogP contribution in [0.5, 0.6) is 5.75 Å². The van der Waals surface area contributed by atoms with Gasteiger partial charge in [0.1, 0.15) is 0 Å². The van der Waals surface area contributed by atoms with Crippen LogP contribution in [0.15, 0.2) is 59.5 Å². The summed E-state index contributed by atoms with van der Waals surface area (Å²) in [6.07, 6.45) is 6.97. The molecule has 10 heteroatoms. The Hall–Kier alpha value is -3.50. The first-order chi connectivity index (χ1) is 17.5. The number of fused-ring (bicyclic) bond motifs is 1. The number of hydrogen-bond donors (Lipinski definition) is 2. The second-order valence-corrected chi connectivity index (χ2v) is 9.61. The van der Waals surface area contributed by atoms with Crippen LogP contribution in [0.4, 0.5) is 15.9 Å². The molecule has 2 aromatic carbocycles. The summed E-state index contributed by atoms with van der Waals surface area (Å²) in [6.45, 7) is 2.11. The molecule has 5 rings (SSSR count). The highest BCUT2D eigenvalue weighted by atomic mass is 79.9. The largest absolute Gasteiger partial charge is 0.494 e. The molecule has 4 aromatic rings. The fourth-order valence-corrected chi connectivity index (χ4v) is 5.04. The van der Waals surface area contributed by atoms with E-state index < -0.39 is 5.82 Å².